The van der Waals surface area contributed by atoms with Crippen LogP contribution in [-0.4, -0.2) is 47.0 Å². The molecule has 1 aromatic carbocycles. The lowest BCUT2D eigenvalue weighted by atomic mass is 10.0. The molecule has 0 aliphatic rings. The largest absolute Gasteiger partial charge is 0.481 e. The molecule has 2 N–H and O–H groups in total. The molecule has 36 heavy (non-hydrogen) atoms. The van der Waals surface area contributed by atoms with Gasteiger partial charge in [-0.1, -0.05) is 30.8 Å². The lowest BCUT2D eigenvalue weighted by Crippen LogP contribution is -2.16. The predicted molar refractivity (Wildman–Crippen MR) is 131 cm³/mol. The van der Waals surface area contributed by atoms with Crippen molar-refractivity contribution in [3.05, 3.63) is 84.6 Å². The number of methoxy groups -OCH3 is 1. The van der Waals surface area contributed by atoms with Gasteiger partial charge in [-0.05, 0) is 23.3 Å². The lowest BCUT2D eigenvalue weighted by Gasteiger charge is -2.13. The van der Waals surface area contributed by atoms with Crippen LogP contribution in [0.15, 0.2) is 73.5 Å². The third kappa shape index (κ3) is 7.05. The normalized spacial score (nSPS) is 11.6. The van der Waals surface area contributed by atoms with Gasteiger partial charge in [0.15, 0.2) is 0 Å². The van der Waals surface area contributed by atoms with Crippen molar-refractivity contribution in [1.29, 1.82) is 0 Å². The third-order valence-electron chi connectivity index (χ3n) is 4.81. The summed E-state index contributed by atoms with van der Waals surface area (Å²) in [6.07, 6.45) is 3.26. The number of pyridine rings is 1. The van der Waals surface area contributed by atoms with Crippen LogP contribution in [0.25, 0.3) is 11.1 Å². The Labute approximate surface area is 206 Å². The Bertz CT molecular complexity index is 1240. The monoisotopic (exact) mass is 498 g/mol. The lowest BCUT2D eigenvalue weighted by molar-refractivity contribution is -0.139. The van der Waals surface area contributed by atoms with Gasteiger partial charge in [0.1, 0.15) is 5.56 Å². The number of halogens is 3. The highest BCUT2D eigenvalue weighted by Gasteiger charge is 2.35. The molecule has 2 heterocycles. The first-order chi connectivity index (χ1) is 17.1. The number of anilines is 2. The highest BCUT2D eigenvalue weighted by molar-refractivity contribution is 5.92. The number of carbonyl (C=O) groups excluding carboxylic acids is 1. The zero-order valence-electron chi connectivity index (χ0n) is 19.9. The Kier molecular flexibility index (Phi) is 8.26. The second-order valence-electron chi connectivity index (χ2n) is 7.87. The zero-order chi connectivity index (χ0) is 26.3. The van der Waals surface area contributed by atoms with E-state index >= 15 is 0 Å². The molecule has 0 unspecified atom stereocenters. The Morgan fingerprint density at radius 3 is 2.28 bits per heavy atom. The van der Waals surface area contributed by atoms with E-state index in [9.17, 15) is 18.0 Å². The van der Waals surface area contributed by atoms with E-state index in [0.717, 1.165) is 36.2 Å². The molecule has 0 aliphatic heterocycles. The van der Waals surface area contributed by atoms with Crippen molar-refractivity contribution in [3.63, 3.8) is 0 Å². The number of benzene rings is 1. The Morgan fingerprint density at radius 2 is 1.72 bits per heavy atom. The fraction of sp³-hybridized carbons (Fsp3) is 0.200. The van der Waals surface area contributed by atoms with Crippen molar-refractivity contribution >= 4 is 17.5 Å². The smallest absolute Gasteiger partial charge is 0.421 e. The van der Waals surface area contributed by atoms with E-state index < -0.39 is 23.5 Å². The number of hydrogen-bond acceptors (Lipinski definition) is 7. The Balaban J connectivity index is 1.64. The van der Waals surface area contributed by atoms with Gasteiger partial charge in [-0.2, -0.15) is 13.2 Å². The molecule has 1 amide bonds. The summed E-state index contributed by atoms with van der Waals surface area (Å²) in [4.78, 5) is 26.5. The summed E-state index contributed by atoms with van der Waals surface area (Å²) in [5.41, 5.74) is 1.90. The fourth-order valence-corrected chi connectivity index (χ4v) is 3.18. The van der Waals surface area contributed by atoms with Crippen LogP contribution in [-0.2, 0) is 17.4 Å². The molecule has 188 valence electrons. The van der Waals surface area contributed by atoms with Gasteiger partial charge in [0.2, 0.25) is 17.7 Å². The van der Waals surface area contributed by atoms with Crippen LogP contribution in [0.3, 0.4) is 0 Å². The number of alkyl halides is 3. The van der Waals surface area contributed by atoms with Gasteiger partial charge in [-0.25, -0.2) is 15.0 Å². The Hall–Kier alpha value is -4.41. The van der Waals surface area contributed by atoms with E-state index in [1.165, 1.54) is 0 Å². The number of nitrogens with one attached hydrogen (secondary N) is 2. The Morgan fingerprint density at radius 1 is 1.06 bits per heavy atom. The van der Waals surface area contributed by atoms with Gasteiger partial charge < -0.3 is 20.3 Å². The standard InChI is InChI=1S/C25H25F3N6O2/c1-5-19(15-34(2)3)33-24-30-12-18(13-31-24)17-8-6-16(7-9-17)10-22(35)32-20-11-21(25(26,27)28)23(36-4)29-14-20/h5-9,11-15H,1,10H2,2-4H3,(H,32,35)(H,30,31,33)/b19-15+. The molecular formula is C25H25F3N6O2. The molecule has 3 aromatic rings. The van der Waals surface area contributed by atoms with E-state index in [0.29, 0.717) is 11.5 Å². The summed E-state index contributed by atoms with van der Waals surface area (Å²) in [6.45, 7) is 3.75. The van der Waals surface area contributed by atoms with Gasteiger partial charge in [-0.3, -0.25) is 4.79 Å². The van der Waals surface area contributed by atoms with Crippen LogP contribution in [0.4, 0.5) is 24.8 Å². The average Bonchev–Trinajstić information content (AvgIpc) is 2.83. The first-order valence-corrected chi connectivity index (χ1v) is 10.7. The number of rotatable bonds is 9. The second-order valence-corrected chi connectivity index (χ2v) is 7.87. The zero-order valence-corrected chi connectivity index (χ0v) is 19.9. The molecule has 0 bridgehead atoms. The number of aromatic nitrogens is 3. The first kappa shape index (κ1) is 26.2. The molecular weight excluding hydrogens is 473 g/mol. The minimum absolute atomic E-state index is 0.0322. The molecule has 11 heteroatoms. The molecule has 0 aliphatic carbocycles. The summed E-state index contributed by atoms with van der Waals surface area (Å²) in [5, 5.41) is 5.51. The van der Waals surface area contributed by atoms with Gasteiger partial charge in [0.25, 0.3) is 0 Å². The molecule has 3 rings (SSSR count). The highest BCUT2D eigenvalue weighted by Crippen LogP contribution is 2.36. The number of amides is 1. The maximum Gasteiger partial charge on any atom is 0.421 e. The minimum Gasteiger partial charge on any atom is -0.481 e. The predicted octanol–water partition coefficient (Wildman–Crippen LogP) is 4.75. The average molecular weight is 499 g/mol. The van der Waals surface area contributed by atoms with Crippen LogP contribution in [0, 0.1) is 0 Å². The van der Waals surface area contributed by atoms with Gasteiger partial charge >= 0.3 is 6.18 Å². The summed E-state index contributed by atoms with van der Waals surface area (Å²) in [7, 11) is 4.88. The van der Waals surface area contributed by atoms with Crippen LogP contribution in [0.5, 0.6) is 5.88 Å². The minimum atomic E-state index is -4.66. The number of allylic oxidation sites excluding steroid dienone is 1. The van der Waals surface area contributed by atoms with E-state index in [-0.39, 0.29) is 12.1 Å². The van der Waals surface area contributed by atoms with Crippen molar-refractivity contribution in [2.24, 2.45) is 0 Å². The summed E-state index contributed by atoms with van der Waals surface area (Å²) in [6, 6.07) is 7.92. The molecule has 0 spiro atoms. The quantitative estimate of drug-likeness (QED) is 0.412. The molecule has 0 radical (unpaired) electrons. The van der Waals surface area contributed by atoms with Gasteiger partial charge in [0.05, 0.1) is 31.1 Å². The third-order valence-corrected chi connectivity index (χ3v) is 4.81. The maximum absolute atomic E-state index is 13.2. The highest BCUT2D eigenvalue weighted by atomic mass is 19.4. The van der Waals surface area contributed by atoms with Crippen LogP contribution >= 0.6 is 0 Å². The van der Waals surface area contributed by atoms with Crippen molar-refractivity contribution in [2.45, 2.75) is 12.6 Å². The SMILES string of the molecule is C=C/C(=C\N(C)C)Nc1ncc(-c2ccc(CC(=O)Nc3cnc(OC)c(C(F)(F)F)c3)cc2)cn1. The number of hydrogen-bond donors (Lipinski definition) is 2. The van der Waals surface area contributed by atoms with Crippen molar-refractivity contribution < 1.29 is 22.7 Å². The van der Waals surface area contributed by atoms with E-state index in [1.54, 1.807) is 30.6 Å². The second kappa shape index (κ2) is 11.3. The molecule has 0 saturated heterocycles. The van der Waals surface area contributed by atoms with Crippen LogP contribution in [0.2, 0.25) is 0 Å². The van der Waals surface area contributed by atoms with Crippen molar-refractivity contribution in [2.75, 3.05) is 31.8 Å². The molecule has 0 atom stereocenters. The molecule has 0 fully saturated rings. The number of carbonyl (C=O) groups is 1. The molecule has 2 aromatic heterocycles. The fourth-order valence-electron chi connectivity index (χ4n) is 3.18. The first-order valence-electron chi connectivity index (χ1n) is 10.7. The van der Waals surface area contributed by atoms with Crippen LogP contribution in [0.1, 0.15) is 11.1 Å². The van der Waals surface area contributed by atoms with E-state index in [4.69, 9.17) is 0 Å². The summed E-state index contributed by atoms with van der Waals surface area (Å²) >= 11 is 0. The summed E-state index contributed by atoms with van der Waals surface area (Å²) in [5.74, 6) is -0.623. The van der Waals surface area contributed by atoms with E-state index in [1.807, 2.05) is 37.3 Å². The van der Waals surface area contributed by atoms with Crippen LogP contribution < -0.4 is 15.4 Å². The van der Waals surface area contributed by atoms with Crippen molar-refractivity contribution in [1.82, 2.24) is 19.9 Å². The number of nitrogens with zero attached hydrogens (tertiary/aromatic N) is 4. The van der Waals surface area contributed by atoms with E-state index in [2.05, 4.69) is 36.9 Å². The number of ether oxygens (including phenoxy) is 1. The van der Waals surface area contributed by atoms with Gasteiger partial charge in [0, 0.05) is 38.3 Å². The summed E-state index contributed by atoms with van der Waals surface area (Å²) < 4.78 is 44.1. The van der Waals surface area contributed by atoms with Crippen molar-refractivity contribution in [3.8, 4) is 17.0 Å². The molecule has 0 saturated carbocycles. The topological polar surface area (TPSA) is 92.3 Å². The van der Waals surface area contributed by atoms with Gasteiger partial charge in [-0.15, -0.1) is 0 Å². The maximum atomic E-state index is 13.2. The molecule has 8 nitrogen and oxygen atoms in total.